The third kappa shape index (κ3) is 4.38. The van der Waals surface area contributed by atoms with Crippen molar-refractivity contribution in [3.63, 3.8) is 0 Å². The van der Waals surface area contributed by atoms with Crippen molar-refractivity contribution in [1.82, 2.24) is 20.1 Å². The van der Waals surface area contributed by atoms with Gasteiger partial charge in [-0.2, -0.15) is 0 Å². The molecule has 1 aromatic rings. The van der Waals surface area contributed by atoms with Crippen molar-refractivity contribution >= 4 is 34.6 Å². The normalized spacial score (nSPS) is 11.5. The lowest BCUT2D eigenvalue weighted by molar-refractivity contribution is -0.145. The van der Waals surface area contributed by atoms with Crippen molar-refractivity contribution in [2.24, 2.45) is 0 Å². The van der Waals surface area contributed by atoms with Crippen molar-refractivity contribution in [3.05, 3.63) is 0 Å². The van der Waals surface area contributed by atoms with E-state index in [9.17, 15) is 14.4 Å². The highest BCUT2D eigenvalue weighted by Gasteiger charge is 2.23. The fourth-order valence-electron chi connectivity index (χ4n) is 0.848. The number of carbonyl (C=O) groups is 3. The zero-order valence-electron chi connectivity index (χ0n) is 8.15. The molecule has 10 nitrogen and oxygen atoms in total. The lowest BCUT2D eigenvalue weighted by atomic mass is 10.2. The second-order valence-corrected chi connectivity index (χ2v) is 3.49. The molecule has 0 fully saturated rings. The lowest BCUT2D eigenvalue weighted by Gasteiger charge is -2.11. The van der Waals surface area contributed by atoms with E-state index >= 15 is 0 Å². The predicted octanol–water partition coefficient (Wildman–Crippen LogP) is -1.02. The third-order valence-corrected chi connectivity index (χ3v) is 2.01. The van der Waals surface area contributed by atoms with E-state index in [0.29, 0.717) is 0 Å². The number of anilines is 1. The number of urea groups is 1. The average molecular weight is 261 g/mol. The van der Waals surface area contributed by atoms with Crippen molar-refractivity contribution in [2.45, 2.75) is 12.5 Å². The van der Waals surface area contributed by atoms with Crippen molar-refractivity contribution in [2.75, 3.05) is 5.32 Å². The number of carboxylic acid groups (broad SMARTS) is 2. The Morgan fingerprint density at radius 2 is 2.06 bits per heavy atom. The average Bonchev–Trinajstić information content (AvgIpc) is 2.68. The predicted molar refractivity (Wildman–Crippen MR) is 53.5 cm³/mol. The van der Waals surface area contributed by atoms with E-state index in [4.69, 9.17) is 10.2 Å². The molecular formula is C6H7N5O5S. The SMILES string of the molecule is O=C(O)C[C@@H](NC(=O)Nc1nnns1)C(=O)O. The number of hydrogen-bond donors (Lipinski definition) is 4. The molecule has 0 unspecified atom stereocenters. The zero-order chi connectivity index (χ0) is 12.8. The van der Waals surface area contributed by atoms with E-state index < -0.39 is 30.4 Å². The Hall–Kier alpha value is -2.30. The van der Waals surface area contributed by atoms with E-state index in [1.54, 1.807) is 0 Å². The zero-order valence-corrected chi connectivity index (χ0v) is 8.97. The molecule has 11 heteroatoms. The van der Waals surface area contributed by atoms with Crippen molar-refractivity contribution in [1.29, 1.82) is 0 Å². The monoisotopic (exact) mass is 261 g/mol. The van der Waals surface area contributed by atoms with Gasteiger partial charge in [-0.15, -0.1) is 0 Å². The number of hydrogen-bond acceptors (Lipinski definition) is 7. The molecule has 0 aliphatic carbocycles. The summed E-state index contributed by atoms with van der Waals surface area (Å²) in [6.07, 6.45) is -0.725. The summed E-state index contributed by atoms with van der Waals surface area (Å²) >= 11 is 0.793. The van der Waals surface area contributed by atoms with Gasteiger partial charge in [0.15, 0.2) is 0 Å². The molecule has 0 radical (unpaired) electrons. The van der Waals surface area contributed by atoms with Gasteiger partial charge in [-0.05, 0) is 5.21 Å². The fourth-order valence-corrected chi connectivity index (χ4v) is 1.21. The summed E-state index contributed by atoms with van der Waals surface area (Å²) < 4.78 is 3.37. The van der Waals surface area contributed by atoms with Crippen LogP contribution in [0.4, 0.5) is 9.93 Å². The van der Waals surface area contributed by atoms with Gasteiger partial charge in [0.2, 0.25) is 5.13 Å². The number of nitrogens with zero attached hydrogens (tertiary/aromatic N) is 3. The Bertz CT molecular complexity index is 420. The molecule has 0 aromatic carbocycles. The molecule has 4 N–H and O–H groups in total. The maximum Gasteiger partial charge on any atom is 0.326 e. The third-order valence-electron chi connectivity index (χ3n) is 1.50. The summed E-state index contributed by atoms with van der Waals surface area (Å²) in [5.41, 5.74) is 0. The number of rotatable bonds is 5. The van der Waals surface area contributed by atoms with E-state index in [1.165, 1.54) is 0 Å². The highest BCUT2D eigenvalue weighted by molar-refractivity contribution is 7.09. The van der Waals surface area contributed by atoms with Crippen LogP contribution in [0.3, 0.4) is 0 Å². The lowest BCUT2D eigenvalue weighted by Crippen LogP contribution is -2.44. The van der Waals surface area contributed by atoms with Crippen LogP contribution in [0.25, 0.3) is 0 Å². The van der Waals surface area contributed by atoms with Crippen LogP contribution in [0, 0.1) is 0 Å². The van der Waals surface area contributed by atoms with E-state index in [1.807, 2.05) is 5.32 Å². The van der Waals surface area contributed by atoms with Gasteiger partial charge in [0.05, 0.1) is 6.42 Å². The number of carbonyl (C=O) groups excluding carboxylic acids is 1. The smallest absolute Gasteiger partial charge is 0.326 e. The number of aromatic nitrogens is 3. The minimum absolute atomic E-state index is 0.0713. The minimum atomic E-state index is -1.52. The number of nitrogens with one attached hydrogen (secondary N) is 2. The first kappa shape index (κ1) is 12.8. The first-order valence-corrected chi connectivity index (χ1v) is 4.93. The first-order valence-electron chi connectivity index (χ1n) is 4.16. The van der Waals surface area contributed by atoms with Gasteiger partial charge in [-0.25, -0.2) is 9.59 Å². The van der Waals surface area contributed by atoms with Gasteiger partial charge in [0.25, 0.3) is 0 Å². The highest BCUT2D eigenvalue weighted by atomic mass is 32.1. The van der Waals surface area contributed by atoms with Crippen LogP contribution in [0.1, 0.15) is 6.42 Å². The standard InChI is InChI=1S/C6H7N5O5S/c12-3(13)1-2(4(14)15)7-5(16)8-6-9-10-11-17-6/h2H,1H2,(H,12,13)(H,14,15)(H2,7,8,9,11,16)/t2-/m1/s1. The number of carboxylic acids is 2. The Kier molecular flexibility index (Phi) is 4.28. The Balaban J connectivity index is 2.52. The molecule has 1 heterocycles. The number of amides is 2. The summed E-state index contributed by atoms with van der Waals surface area (Å²) in [7, 11) is 0. The van der Waals surface area contributed by atoms with Gasteiger partial charge in [-0.3, -0.25) is 10.1 Å². The molecular weight excluding hydrogens is 254 g/mol. The van der Waals surface area contributed by atoms with Crippen LogP contribution in [-0.2, 0) is 9.59 Å². The van der Waals surface area contributed by atoms with E-state index in [-0.39, 0.29) is 5.13 Å². The molecule has 1 atom stereocenters. The van der Waals surface area contributed by atoms with Crippen LogP contribution in [-0.4, -0.2) is 49.0 Å². The van der Waals surface area contributed by atoms with Crippen LogP contribution >= 0.6 is 11.5 Å². The Morgan fingerprint density at radius 1 is 1.35 bits per heavy atom. The molecule has 0 aliphatic heterocycles. The summed E-state index contributed by atoms with van der Waals surface area (Å²) in [5.74, 6) is -2.78. The van der Waals surface area contributed by atoms with E-state index in [2.05, 4.69) is 20.1 Å². The highest BCUT2D eigenvalue weighted by Crippen LogP contribution is 2.04. The molecule has 17 heavy (non-hydrogen) atoms. The molecule has 92 valence electrons. The second kappa shape index (κ2) is 5.69. The molecule has 2 amide bonds. The van der Waals surface area contributed by atoms with Gasteiger partial charge in [0.1, 0.15) is 6.04 Å². The fraction of sp³-hybridized carbons (Fsp3) is 0.333. The van der Waals surface area contributed by atoms with Gasteiger partial charge < -0.3 is 15.5 Å². The second-order valence-electron chi connectivity index (χ2n) is 2.75. The topological polar surface area (TPSA) is 154 Å². The van der Waals surface area contributed by atoms with Gasteiger partial charge >= 0.3 is 18.0 Å². The quantitative estimate of drug-likeness (QED) is 0.525. The molecule has 1 aromatic heterocycles. The summed E-state index contributed by atoms with van der Waals surface area (Å²) in [6, 6.07) is -2.41. The number of aliphatic carboxylic acids is 2. The van der Waals surface area contributed by atoms with Gasteiger partial charge in [-0.1, -0.05) is 9.59 Å². The summed E-state index contributed by atoms with van der Waals surface area (Å²) in [6.45, 7) is 0. The minimum Gasteiger partial charge on any atom is -0.481 e. The van der Waals surface area contributed by atoms with Crippen LogP contribution in [0.2, 0.25) is 0 Å². The van der Waals surface area contributed by atoms with E-state index in [0.717, 1.165) is 11.5 Å². The molecule has 0 bridgehead atoms. The molecule has 0 saturated heterocycles. The Labute approximate surface area is 97.8 Å². The molecule has 1 rings (SSSR count). The van der Waals surface area contributed by atoms with Crippen LogP contribution in [0.5, 0.6) is 0 Å². The molecule has 0 spiro atoms. The maximum atomic E-state index is 11.2. The largest absolute Gasteiger partial charge is 0.481 e. The first-order chi connectivity index (χ1) is 7.99. The maximum absolute atomic E-state index is 11.2. The van der Waals surface area contributed by atoms with Crippen LogP contribution < -0.4 is 10.6 Å². The van der Waals surface area contributed by atoms with Crippen molar-refractivity contribution < 1.29 is 24.6 Å². The summed E-state index contributed by atoms with van der Waals surface area (Å²) in [4.78, 5) is 32.2. The van der Waals surface area contributed by atoms with Crippen molar-refractivity contribution in [3.8, 4) is 0 Å². The van der Waals surface area contributed by atoms with Gasteiger partial charge in [0, 0.05) is 11.5 Å². The molecule has 0 aliphatic rings. The molecule has 0 saturated carbocycles. The summed E-state index contributed by atoms with van der Waals surface area (Å²) in [5, 5.41) is 27.9. The van der Waals surface area contributed by atoms with Crippen LogP contribution in [0.15, 0.2) is 0 Å². The Morgan fingerprint density at radius 3 is 2.53 bits per heavy atom.